The zero-order valence-corrected chi connectivity index (χ0v) is 11.2. The molecule has 1 fully saturated rings. The van der Waals surface area contributed by atoms with Crippen molar-refractivity contribution < 1.29 is 14.7 Å². The van der Waals surface area contributed by atoms with Gasteiger partial charge in [-0.15, -0.1) is 0 Å². The maximum absolute atomic E-state index is 12.0. The zero-order valence-electron chi connectivity index (χ0n) is 11.2. The molecular formula is C13H22N2O3. The van der Waals surface area contributed by atoms with Crippen LogP contribution < -0.4 is 0 Å². The fourth-order valence-electron chi connectivity index (χ4n) is 2.07. The van der Waals surface area contributed by atoms with Crippen LogP contribution >= 0.6 is 0 Å². The smallest absolute Gasteiger partial charge is 0.304 e. The number of aliphatic carboxylic acids is 1. The molecule has 1 heterocycles. The summed E-state index contributed by atoms with van der Waals surface area (Å²) in [5, 5.41) is 8.62. The molecule has 0 aliphatic carbocycles. The number of piperazine rings is 1. The van der Waals surface area contributed by atoms with Crippen LogP contribution in [0.4, 0.5) is 0 Å². The van der Waals surface area contributed by atoms with Crippen LogP contribution in [-0.4, -0.2) is 59.5 Å². The summed E-state index contributed by atoms with van der Waals surface area (Å²) in [6.07, 6.45) is 2.98. The van der Waals surface area contributed by atoms with E-state index in [9.17, 15) is 9.59 Å². The number of amides is 1. The van der Waals surface area contributed by atoms with Crippen molar-refractivity contribution in [2.24, 2.45) is 0 Å². The van der Waals surface area contributed by atoms with E-state index in [1.165, 1.54) is 0 Å². The van der Waals surface area contributed by atoms with Gasteiger partial charge in [-0.1, -0.05) is 13.0 Å². The van der Waals surface area contributed by atoms with Crippen molar-refractivity contribution in [3.05, 3.63) is 11.6 Å². The fraction of sp³-hybridized carbons (Fsp3) is 0.692. The lowest BCUT2D eigenvalue weighted by atomic mass is 10.2. The highest BCUT2D eigenvalue weighted by Gasteiger charge is 2.21. The molecule has 1 saturated heterocycles. The van der Waals surface area contributed by atoms with Gasteiger partial charge < -0.3 is 10.0 Å². The summed E-state index contributed by atoms with van der Waals surface area (Å²) in [5.41, 5.74) is 0.802. The number of allylic oxidation sites excluding steroid dienone is 1. The summed E-state index contributed by atoms with van der Waals surface area (Å²) in [7, 11) is 0. The topological polar surface area (TPSA) is 60.9 Å². The van der Waals surface area contributed by atoms with Gasteiger partial charge in [-0.2, -0.15) is 0 Å². The molecule has 0 saturated carbocycles. The van der Waals surface area contributed by atoms with E-state index in [4.69, 9.17) is 5.11 Å². The van der Waals surface area contributed by atoms with E-state index in [2.05, 4.69) is 4.90 Å². The molecule has 1 aliphatic heterocycles. The number of carboxylic acid groups (broad SMARTS) is 1. The SMILES string of the molecule is CC/C=C(\C)C(=O)N1CCN(CCC(=O)O)CC1. The number of hydrogen-bond donors (Lipinski definition) is 1. The molecule has 0 aromatic heterocycles. The van der Waals surface area contributed by atoms with Crippen molar-refractivity contribution >= 4 is 11.9 Å². The summed E-state index contributed by atoms with van der Waals surface area (Å²) in [6.45, 7) is 7.34. The third-order valence-corrected chi connectivity index (χ3v) is 3.15. The molecule has 1 N–H and O–H groups in total. The molecule has 102 valence electrons. The number of hydrogen-bond acceptors (Lipinski definition) is 3. The van der Waals surface area contributed by atoms with E-state index in [0.717, 1.165) is 25.1 Å². The standard InChI is InChI=1S/C13H22N2O3/c1-3-4-11(2)13(18)15-9-7-14(8-10-15)6-5-12(16)17/h4H,3,5-10H2,1-2H3,(H,16,17)/b11-4+. The molecule has 1 aliphatic rings. The Morgan fingerprint density at radius 3 is 2.33 bits per heavy atom. The Bertz CT molecular complexity index is 331. The summed E-state index contributed by atoms with van der Waals surface area (Å²) in [4.78, 5) is 26.4. The van der Waals surface area contributed by atoms with Crippen molar-refractivity contribution in [3.8, 4) is 0 Å². The molecule has 0 spiro atoms. The number of carboxylic acids is 1. The Labute approximate surface area is 108 Å². The van der Waals surface area contributed by atoms with Crippen LogP contribution in [0.25, 0.3) is 0 Å². The average Bonchev–Trinajstić information content (AvgIpc) is 2.36. The number of rotatable bonds is 5. The summed E-state index contributed by atoms with van der Waals surface area (Å²) in [5.74, 6) is -0.662. The van der Waals surface area contributed by atoms with Gasteiger partial charge in [0.25, 0.3) is 0 Å². The second-order valence-electron chi connectivity index (χ2n) is 4.57. The maximum atomic E-state index is 12.0. The van der Waals surface area contributed by atoms with Gasteiger partial charge in [0.15, 0.2) is 0 Å². The Hall–Kier alpha value is -1.36. The Morgan fingerprint density at radius 2 is 1.83 bits per heavy atom. The van der Waals surface area contributed by atoms with Crippen LogP contribution in [0.5, 0.6) is 0 Å². The third kappa shape index (κ3) is 4.49. The van der Waals surface area contributed by atoms with Gasteiger partial charge in [-0.3, -0.25) is 14.5 Å². The van der Waals surface area contributed by atoms with Gasteiger partial charge in [-0.05, 0) is 13.3 Å². The quantitative estimate of drug-likeness (QED) is 0.742. The Balaban J connectivity index is 2.37. The molecule has 1 amide bonds. The van der Waals surface area contributed by atoms with Gasteiger partial charge in [0, 0.05) is 38.3 Å². The first-order valence-electron chi connectivity index (χ1n) is 6.44. The Morgan fingerprint density at radius 1 is 1.22 bits per heavy atom. The average molecular weight is 254 g/mol. The molecule has 0 aromatic rings. The van der Waals surface area contributed by atoms with E-state index in [0.29, 0.717) is 19.6 Å². The summed E-state index contributed by atoms with van der Waals surface area (Å²) < 4.78 is 0. The molecule has 18 heavy (non-hydrogen) atoms. The molecule has 0 atom stereocenters. The minimum absolute atomic E-state index is 0.106. The zero-order chi connectivity index (χ0) is 13.5. The second kappa shape index (κ2) is 7.16. The van der Waals surface area contributed by atoms with Gasteiger partial charge in [0.2, 0.25) is 5.91 Å². The number of carbonyl (C=O) groups is 2. The first kappa shape index (κ1) is 14.7. The molecule has 0 bridgehead atoms. The molecular weight excluding hydrogens is 232 g/mol. The predicted molar refractivity (Wildman–Crippen MR) is 69.3 cm³/mol. The second-order valence-corrected chi connectivity index (χ2v) is 4.57. The number of nitrogens with zero attached hydrogens (tertiary/aromatic N) is 2. The lowest BCUT2D eigenvalue weighted by Gasteiger charge is -2.34. The Kier molecular flexibility index (Phi) is 5.85. The van der Waals surface area contributed by atoms with Crippen LogP contribution in [-0.2, 0) is 9.59 Å². The maximum Gasteiger partial charge on any atom is 0.304 e. The number of carbonyl (C=O) groups excluding carboxylic acids is 1. The molecule has 5 heteroatoms. The molecule has 1 rings (SSSR count). The molecule has 5 nitrogen and oxygen atoms in total. The molecule has 0 radical (unpaired) electrons. The monoisotopic (exact) mass is 254 g/mol. The lowest BCUT2D eigenvalue weighted by Crippen LogP contribution is -2.49. The van der Waals surface area contributed by atoms with Crippen LogP contribution in [0.1, 0.15) is 26.7 Å². The molecule has 0 unspecified atom stereocenters. The lowest BCUT2D eigenvalue weighted by molar-refractivity contribution is -0.138. The van der Waals surface area contributed by atoms with E-state index >= 15 is 0 Å². The largest absolute Gasteiger partial charge is 0.481 e. The van der Waals surface area contributed by atoms with E-state index < -0.39 is 5.97 Å². The highest BCUT2D eigenvalue weighted by molar-refractivity contribution is 5.92. The van der Waals surface area contributed by atoms with Crippen molar-refractivity contribution in [3.63, 3.8) is 0 Å². The van der Waals surface area contributed by atoms with E-state index in [1.54, 1.807) is 0 Å². The van der Waals surface area contributed by atoms with Gasteiger partial charge in [0.05, 0.1) is 6.42 Å². The first-order chi connectivity index (χ1) is 8.54. The van der Waals surface area contributed by atoms with Crippen LogP contribution in [0.15, 0.2) is 11.6 Å². The normalized spacial score (nSPS) is 17.9. The fourth-order valence-corrected chi connectivity index (χ4v) is 2.07. The van der Waals surface area contributed by atoms with E-state index in [-0.39, 0.29) is 12.3 Å². The van der Waals surface area contributed by atoms with Crippen LogP contribution in [0.2, 0.25) is 0 Å². The van der Waals surface area contributed by atoms with Crippen LogP contribution in [0, 0.1) is 0 Å². The minimum Gasteiger partial charge on any atom is -0.481 e. The van der Waals surface area contributed by atoms with Crippen molar-refractivity contribution in [1.29, 1.82) is 0 Å². The van der Waals surface area contributed by atoms with Crippen LogP contribution in [0.3, 0.4) is 0 Å². The minimum atomic E-state index is -0.768. The summed E-state index contributed by atoms with van der Waals surface area (Å²) >= 11 is 0. The van der Waals surface area contributed by atoms with Crippen molar-refractivity contribution in [2.75, 3.05) is 32.7 Å². The molecule has 0 aromatic carbocycles. The van der Waals surface area contributed by atoms with Gasteiger partial charge >= 0.3 is 5.97 Å². The first-order valence-corrected chi connectivity index (χ1v) is 6.44. The predicted octanol–water partition coefficient (Wildman–Crippen LogP) is 0.962. The van der Waals surface area contributed by atoms with Gasteiger partial charge in [-0.25, -0.2) is 0 Å². The van der Waals surface area contributed by atoms with Crippen molar-refractivity contribution in [1.82, 2.24) is 9.80 Å². The van der Waals surface area contributed by atoms with Crippen molar-refractivity contribution in [2.45, 2.75) is 26.7 Å². The highest BCUT2D eigenvalue weighted by Crippen LogP contribution is 2.08. The van der Waals surface area contributed by atoms with Gasteiger partial charge in [0.1, 0.15) is 0 Å². The summed E-state index contributed by atoms with van der Waals surface area (Å²) in [6, 6.07) is 0. The highest BCUT2D eigenvalue weighted by atomic mass is 16.4. The van der Waals surface area contributed by atoms with E-state index in [1.807, 2.05) is 24.8 Å². The third-order valence-electron chi connectivity index (χ3n) is 3.15.